The molecule has 21 heavy (non-hydrogen) atoms. The Kier molecular flexibility index (Phi) is 6.49. The van der Waals surface area contributed by atoms with Crippen LogP contribution in [0.4, 0.5) is 0 Å². The molecule has 3 nitrogen and oxygen atoms in total. The molecular formula is C17H27ClN2O. The van der Waals surface area contributed by atoms with E-state index in [2.05, 4.69) is 23.2 Å². The number of hydrogen-bond donors (Lipinski definition) is 2. The van der Waals surface area contributed by atoms with Crippen molar-refractivity contribution in [2.75, 3.05) is 26.2 Å². The van der Waals surface area contributed by atoms with Gasteiger partial charge < -0.3 is 15.3 Å². The number of β-amino-alcohol motifs (C(OH)–C–C–N with tert-alkyl or cyclic N) is 1. The van der Waals surface area contributed by atoms with E-state index in [0.29, 0.717) is 6.04 Å². The van der Waals surface area contributed by atoms with Crippen LogP contribution in [-0.2, 0) is 0 Å². The summed E-state index contributed by atoms with van der Waals surface area (Å²) in [5.41, 5.74) is 1.24. The summed E-state index contributed by atoms with van der Waals surface area (Å²) < 4.78 is 0. The standard InChI is InChI=1S/C17H27ClN2O/c1-13(21)12-20-8-6-15(7-9-20)11-19-14(2)16-4-3-5-17(18)10-16/h3-5,10,13-15,19,21H,6-9,11-12H2,1-2H3/t13-,14+/m1/s1. The first kappa shape index (κ1) is 16.8. The van der Waals surface area contributed by atoms with Gasteiger partial charge in [0.2, 0.25) is 0 Å². The van der Waals surface area contributed by atoms with Crippen LogP contribution in [0.25, 0.3) is 0 Å². The van der Waals surface area contributed by atoms with Crippen LogP contribution in [0.1, 0.15) is 38.3 Å². The first-order chi connectivity index (χ1) is 10.0. The minimum absolute atomic E-state index is 0.220. The van der Waals surface area contributed by atoms with Crippen LogP contribution < -0.4 is 5.32 Å². The lowest BCUT2D eigenvalue weighted by Crippen LogP contribution is -2.40. The number of nitrogens with zero attached hydrogens (tertiary/aromatic N) is 1. The SMILES string of the molecule is C[C@H](NCC1CCN(C[C@@H](C)O)CC1)c1cccc(Cl)c1. The van der Waals surface area contributed by atoms with E-state index < -0.39 is 0 Å². The third-order valence-corrected chi connectivity index (χ3v) is 4.53. The minimum Gasteiger partial charge on any atom is -0.392 e. The smallest absolute Gasteiger partial charge is 0.0639 e. The zero-order chi connectivity index (χ0) is 15.2. The lowest BCUT2D eigenvalue weighted by molar-refractivity contribution is 0.0994. The molecular weight excluding hydrogens is 284 g/mol. The molecule has 0 radical (unpaired) electrons. The van der Waals surface area contributed by atoms with Crippen molar-refractivity contribution in [3.8, 4) is 0 Å². The summed E-state index contributed by atoms with van der Waals surface area (Å²) in [5.74, 6) is 0.733. The molecule has 1 aliphatic heterocycles. The number of hydrogen-bond acceptors (Lipinski definition) is 3. The zero-order valence-corrected chi connectivity index (χ0v) is 13.8. The Morgan fingerprint density at radius 2 is 2.05 bits per heavy atom. The Morgan fingerprint density at radius 1 is 1.33 bits per heavy atom. The second-order valence-electron chi connectivity index (χ2n) is 6.28. The lowest BCUT2D eigenvalue weighted by Gasteiger charge is -2.33. The molecule has 2 atom stereocenters. The Labute approximate surface area is 133 Å². The van der Waals surface area contributed by atoms with Gasteiger partial charge in [-0.15, -0.1) is 0 Å². The molecule has 0 aliphatic carbocycles. The highest BCUT2D eigenvalue weighted by Gasteiger charge is 2.20. The van der Waals surface area contributed by atoms with E-state index in [0.717, 1.165) is 37.1 Å². The van der Waals surface area contributed by atoms with E-state index in [1.54, 1.807) is 0 Å². The van der Waals surface area contributed by atoms with Crippen molar-refractivity contribution in [2.24, 2.45) is 5.92 Å². The predicted octanol–water partition coefficient (Wildman–Crippen LogP) is 3.08. The predicted molar refractivity (Wildman–Crippen MR) is 88.7 cm³/mol. The third kappa shape index (κ3) is 5.59. The summed E-state index contributed by atoms with van der Waals surface area (Å²) in [6.07, 6.45) is 2.20. The van der Waals surface area contributed by atoms with Gasteiger partial charge in [-0.2, -0.15) is 0 Å². The van der Waals surface area contributed by atoms with E-state index in [1.165, 1.54) is 18.4 Å². The second-order valence-corrected chi connectivity index (χ2v) is 6.71. The van der Waals surface area contributed by atoms with E-state index in [1.807, 2.05) is 25.1 Å². The molecule has 0 unspecified atom stereocenters. The number of piperidine rings is 1. The molecule has 0 amide bonds. The second kappa shape index (κ2) is 8.14. The molecule has 4 heteroatoms. The van der Waals surface area contributed by atoms with Crippen LogP contribution in [0, 0.1) is 5.92 Å². The summed E-state index contributed by atoms with van der Waals surface area (Å²) >= 11 is 6.04. The first-order valence-corrected chi connectivity index (χ1v) is 8.31. The van der Waals surface area contributed by atoms with E-state index in [9.17, 15) is 5.11 Å². The average Bonchev–Trinajstić information content (AvgIpc) is 2.45. The highest BCUT2D eigenvalue weighted by molar-refractivity contribution is 6.30. The van der Waals surface area contributed by atoms with E-state index in [4.69, 9.17) is 11.6 Å². The summed E-state index contributed by atoms with van der Waals surface area (Å²) in [6.45, 7) is 8.11. The third-order valence-electron chi connectivity index (χ3n) is 4.29. The van der Waals surface area contributed by atoms with E-state index >= 15 is 0 Å². The summed E-state index contributed by atoms with van der Waals surface area (Å²) in [7, 11) is 0. The lowest BCUT2D eigenvalue weighted by atomic mass is 9.96. The van der Waals surface area contributed by atoms with Crippen molar-refractivity contribution < 1.29 is 5.11 Å². The van der Waals surface area contributed by atoms with Gasteiger partial charge in [0.1, 0.15) is 0 Å². The van der Waals surface area contributed by atoms with Crippen molar-refractivity contribution in [1.82, 2.24) is 10.2 Å². The number of nitrogens with one attached hydrogen (secondary N) is 1. The monoisotopic (exact) mass is 310 g/mol. The zero-order valence-electron chi connectivity index (χ0n) is 13.1. The number of halogens is 1. The first-order valence-electron chi connectivity index (χ1n) is 7.94. The molecule has 0 aromatic heterocycles. The maximum atomic E-state index is 9.43. The van der Waals surface area contributed by atoms with Gasteiger partial charge in [0.05, 0.1) is 6.10 Å². The normalized spacial score (nSPS) is 20.4. The van der Waals surface area contributed by atoms with Gasteiger partial charge in [-0.3, -0.25) is 0 Å². The fourth-order valence-corrected chi connectivity index (χ4v) is 3.18. The highest BCUT2D eigenvalue weighted by atomic mass is 35.5. The van der Waals surface area contributed by atoms with Crippen LogP contribution in [0.3, 0.4) is 0 Å². The Morgan fingerprint density at radius 3 is 2.67 bits per heavy atom. The number of likely N-dealkylation sites (tertiary alicyclic amines) is 1. The van der Waals surface area contributed by atoms with Gasteiger partial charge >= 0.3 is 0 Å². The summed E-state index contributed by atoms with van der Waals surface area (Å²) in [4.78, 5) is 2.36. The van der Waals surface area contributed by atoms with Crippen LogP contribution in [0.15, 0.2) is 24.3 Å². The van der Waals surface area contributed by atoms with Gasteiger partial charge in [-0.05, 0) is 69.9 Å². The van der Waals surface area contributed by atoms with Crippen LogP contribution >= 0.6 is 11.6 Å². The molecule has 1 fully saturated rings. The van der Waals surface area contributed by atoms with Crippen LogP contribution in [0.2, 0.25) is 5.02 Å². The topological polar surface area (TPSA) is 35.5 Å². The number of benzene rings is 1. The summed E-state index contributed by atoms with van der Waals surface area (Å²) in [6, 6.07) is 8.40. The van der Waals surface area contributed by atoms with Crippen molar-refractivity contribution >= 4 is 11.6 Å². The Hall–Kier alpha value is -0.610. The van der Waals surface area contributed by atoms with Crippen molar-refractivity contribution in [2.45, 2.75) is 38.8 Å². The molecule has 1 aromatic rings. The highest BCUT2D eigenvalue weighted by Crippen LogP contribution is 2.20. The largest absolute Gasteiger partial charge is 0.392 e. The average molecular weight is 311 g/mol. The number of rotatable bonds is 6. The fourth-order valence-electron chi connectivity index (χ4n) is 2.98. The maximum Gasteiger partial charge on any atom is 0.0639 e. The van der Waals surface area contributed by atoms with Crippen molar-refractivity contribution in [3.63, 3.8) is 0 Å². The van der Waals surface area contributed by atoms with Crippen LogP contribution in [-0.4, -0.2) is 42.3 Å². The van der Waals surface area contributed by atoms with Gasteiger partial charge in [-0.25, -0.2) is 0 Å². The van der Waals surface area contributed by atoms with Gasteiger partial charge in [0.25, 0.3) is 0 Å². The molecule has 0 spiro atoms. The molecule has 2 N–H and O–H groups in total. The van der Waals surface area contributed by atoms with Crippen molar-refractivity contribution in [3.05, 3.63) is 34.9 Å². The molecule has 118 valence electrons. The molecule has 0 bridgehead atoms. The molecule has 1 aliphatic rings. The van der Waals surface area contributed by atoms with Crippen molar-refractivity contribution in [1.29, 1.82) is 0 Å². The molecule has 0 saturated carbocycles. The van der Waals surface area contributed by atoms with Crippen LogP contribution in [0.5, 0.6) is 0 Å². The quantitative estimate of drug-likeness (QED) is 0.847. The van der Waals surface area contributed by atoms with Gasteiger partial charge in [-0.1, -0.05) is 23.7 Å². The molecule has 2 rings (SSSR count). The maximum absolute atomic E-state index is 9.43. The molecule has 1 heterocycles. The Balaban J connectivity index is 1.72. The fraction of sp³-hybridized carbons (Fsp3) is 0.647. The molecule has 1 saturated heterocycles. The van der Waals surface area contributed by atoms with Gasteiger partial charge in [0, 0.05) is 17.6 Å². The summed E-state index contributed by atoms with van der Waals surface area (Å²) in [5, 5.41) is 13.9. The van der Waals surface area contributed by atoms with E-state index in [-0.39, 0.29) is 6.10 Å². The Bertz CT molecular complexity index is 431. The minimum atomic E-state index is -0.220. The molecule has 1 aromatic carbocycles. The number of aliphatic hydroxyl groups is 1. The number of aliphatic hydroxyl groups excluding tert-OH is 1. The van der Waals surface area contributed by atoms with Gasteiger partial charge in [0.15, 0.2) is 0 Å².